The molecule has 104 valence electrons. The van der Waals surface area contributed by atoms with Crippen molar-refractivity contribution in [1.82, 2.24) is 5.32 Å². The van der Waals surface area contributed by atoms with E-state index >= 15 is 0 Å². The molecule has 0 aliphatic carbocycles. The fourth-order valence-corrected chi connectivity index (χ4v) is 1.48. The molecule has 1 aromatic carbocycles. The van der Waals surface area contributed by atoms with E-state index < -0.39 is 17.9 Å². The van der Waals surface area contributed by atoms with Gasteiger partial charge in [-0.15, -0.1) is 0 Å². The Morgan fingerprint density at radius 2 is 1.89 bits per heavy atom. The summed E-state index contributed by atoms with van der Waals surface area (Å²) >= 11 is 0. The molecule has 5 nitrogen and oxygen atoms in total. The lowest BCUT2D eigenvalue weighted by Crippen LogP contribution is -2.38. The first-order valence-corrected chi connectivity index (χ1v) is 6.27. The van der Waals surface area contributed by atoms with Gasteiger partial charge in [0.2, 0.25) is 0 Å². The summed E-state index contributed by atoms with van der Waals surface area (Å²) in [6.07, 6.45) is -0.680. The van der Waals surface area contributed by atoms with E-state index in [2.05, 4.69) is 24.5 Å². The first-order valence-electron chi connectivity index (χ1n) is 6.27. The molecule has 0 aliphatic rings. The van der Waals surface area contributed by atoms with Crippen molar-refractivity contribution in [3.8, 4) is 0 Å². The van der Waals surface area contributed by atoms with Crippen molar-refractivity contribution in [2.45, 2.75) is 32.8 Å². The van der Waals surface area contributed by atoms with Crippen LogP contribution in [-0.2, 0) is 9.59 Å². The molecule has 1 unspecified atom stereocenters. The standard InChI is InChI=1S/C14H20N2O3/c1-9(2)11-5-4-6-12(7-11)16-14(19)13(18)15-8-10(3)17/h4-7,9-10,17H,8H2,1-3H3,(H,15,18)(H,16,19). The maximum Gasteiger partial charge on any atom is 0.313 e. The molecule has 1 rings (SSSR count). The molecule has 3 N–H and O–H groups in total. The van der Waals surface area contributed by atoms with Gasteiger partial charge in [-0.2, -0.15) is 0 Å². The molecule has 19 heavy (non-hydrogen) atoms. The zero-order valence-electron chi connectivity index (χ0n) is 11.4. The molecule has 0 aliphatic heterocycles. The molecule has 0 bridgehead atoms. The topological polar surface area (TPSA) is 78.4 Å². The molecule has 5 heteroatoms. The summed E-state index contributed by atoms with van der Waals surface area (Å²) in [5.41, 5.74) is 1.67. The fraction of sp³-hybridized carbons (Fsp3) is 0.429. The van der Waals surface area contributed by atoms with Crippen molar-refractivity contribution in [2.24, 2.45) is 0 Å². The van der Waals surface area contributed by atoms with Gasteiger partial charge in [-0.25, -0.2) is 0 Å². The highest BCUT2D eigenvalue weighted by molar-refractivity contribution is 6.39. The van der Waals surface area contributed by atoms with Crippen molar-refractivity contribution < 1.29 is 14.7 Å². The molecular formula is C14H20N2O3. The Kier molecular flexibility index (Phi) is 5.51. The molecule has 0 fully saturated rings. The maximum absolute atomic E-state index is 11.6. The minimum Gasteiger partial charge on any atom is -0.392 e. The summed E-state index contributed by atoms with van der Waals surface area (Å²) in [5, 5.41) is 13.9. The molecule has 2 amide bonds. The van der Waals surface area contributed by atoms with Crippen molar-refractivity contribution in [3.05, 3.63) is 29.8 Å². The summed E-state index contributed by atoms with van der Waals surface area (Å²) < 4.78 is 0. The van der Waals surface area contributed by atoms with E-state index in [9.17, 15) is 9.59 Å². The summed E-state index contributed by atoms with van der Waals surface area (Å²) in [6, 6.07) is 7.36. The average Bonchev–Trinajstić information content (AvgIpc) is 2.36. The van der Waals surface area contributed by atoms with Gasteiger partial charge < -0.3 is 15.7 Å². The Balaban J connectivity index is 2.61. The lowest BCUT2D eigenvalue weighted by atomic mass is 10.0. The van der Waals surface area contributed by atoms with Crippen LogP contribution in [0.25, 0.3) is 0 Å². The molecule has 1 atom stereocenters. The van der Waals surface area contributed by atoms with Gasteiger partial charge in [0.25, 0.3) is 0 Å². The third kappa shape index (κ3) is 5.09. The molecule has 0 saturated carbocycles. The zero-order valence-corrected chi connectivity index (χ0v) is 11.4. The number of aliphatic hydroxyl groups is 1. The van der Waals surface area contributed by atoms with Gasteiger partial charge in [0.05, 0.1) is 6.10 Å². The van der Waals surface area contributed by atoms with E-state index in [4.69, 9.17) is 5.11 Å². The zero-order chi connectivity index (χ0) is 14.4. The van der Waals surface area contributed by atoms with Gasteiger partial charge in [-0.3, -0.25) is 9.59 Å². The van der Waals surface area contributed by atoms with Gasteiger partial charge in [0.15, 0.2) is 0 Å². The van der Waals surface area contributed by atoms with Crippen LogP contribution in [0.4, 0.5) is 5.69 Å². The summed E-state index contributed by atoms with van der Waals surface area (Å²) in [5.74, 6) is -1.14. The van der Waals surface area contributed by atoms with Crippen molar-refractivity contribution in [2.75, 3.05) is 11.9 Å². The second-order valence-electron chi connectivity index (χ2n) is 4.79. The summed E-state index contributed by atoms with van der Waals surface area (Å²) in [6.45, 7) is 5.69. The Labute approximate surface area is 113 Å². The number of hydrogen-bond acceptors (Lipinski definition) is 3. The number of hydrogen-bond donors (Lipinski definition) is 3. The van der Waals surface area contributed by atoms with Crippen molar-refractivity contribution in [3.63, 3.8) is 0 Å². The smallest absolute Gasteiger partial charge is 0.313 e. The second kappa shape index (κ2) is 6.89. The number of carbonyl (C=O) groups is 2. The number of anilines is 1. The molecule has 0 heterocycles. The van der Waals surface area contributed by atoms with Crippen LogP contribution in [0.5, 0.6) is 0 Å². The normalized spacial score (nSPS) is 12.1. The van der Waals surface area contributed by atoms with Gasteiger partial charge in [0, 0.05) is 12.2 Å². The average molecular weight is 264 g/mol. The van der Waals surface area contributed by atoms with Crippen molar-refractivity contribution in [1.29, 1.82) is 0 Å². The highest BCUT2D eigenvalue weighted by Gasteiger charge is 2.14. The first kappa shape index (κ1) is 15.2. The lowest BCUT2D eigenvalue weighted by molar-refractivity contribution is -0.136. The van der Waals surface area contributed by atoms with Crippen LogP contribution in [0, 0.1) is 0 Å². The van der Waals surface area contributed by atoms with Crippen LogP contribution in [0.3, 0.4) is 0 Å². The van der Waals surface area contributed by atoms with Crippen LogP contribution in [0.2, 0.25) is 0 Å². The monoisotopic (exact) mass is 264 g/mol. The molecular weight excluding hydrogens is 244 g/mol. The van der Waals surface area contributed by atoms with E-state index in [1.165, 1.54) is 6.92 Å². The predicted molar refractivity (Wildman–Crippen MR) is 73.9 cm³/mol. The van der Waals surface area contributed by atoms with Crippen LogP contribution in [0.15, 0.2) is 24.3 Å². The van der Waals surface area contributed by atoms with Crippen LogP contribution in [0.1, 0.15) is 32.3 Å². The van der Waals surface area contributed by atoms with Gasteiger partial charge in [0.1, 0.15) is 0 Å². The van der Waals surface area contributed by atoms with E-state index in [0.29, 0.717) is 11.6 Å². The SMILES string of the molecule is CC(O)CNC(=O)C(=O)Nc1cccc(C(C)C)c1. The number of benzene rings is 1. The molecule has 0 radical (unpaired) electrons. The number of rotatable bonds is 4. The molecule has 0 spiro atoms. The quantitative estimate of drug-likeness (QED) is 0.716. The predicted octanol–water partition coefficient (Wildman–Crippen LogP) is 1.25. The van der Waals surface area contributed by atoms with Crippen LogP contribution < -0.4 is 10.6 Å². The minimum absolute atomic E-state index is 0.0539. The summed E-state index contributed by atoms with van der Waals surface area (Å²) in [4.78, 5) is 23.0. The Morgan fingerprint density at radius 3 is 2.47 bits per heavy atom. The lowest BCUT2D eigenvalue weighted by Gasteiger charge is -2.10. The number of aliphatic hydroxyl groups excluding tert-OH is 1. The number of carbonyl (C=O) groups excluding carboxylic acids is 2. The molecule has 1 aromatic rings. The molecule has 0 aromatic heterocycles. The van der Waals surface area contributed by atoms with Gasteiger partial charge in [-0.05, 0) is 30.5 Å². The largest absolute Gasteiger partial charge is 0.392 e. The minimum atomic E-state index is -0.754. The number of amides is 2. The van der Waals surface area contributed by atoms with Gasteiger partial charge >= 0.3 is 11.8 Å². The Morgan fingerprint density at radius 1 is 1.21 bits per heavy atom. The third-order valence-corrected chi connectivity index (χ3v) is 2.58. The summed E-state index contributed by atoms with van der Waals surface area (Å²) in [7, 11) is 0. The van der Waals surface area contributed by atoms with E-state index in [0.717, 1.165) is 5.56 Å². The number of nitrogens with one attached hydrogen (secondary N) is 2. The Hall–Kier alpha value is -1.88. The Bertz CT molecular complexity index is 456. The highest BCUT2D eigenvalue weighted by atomic mass is 16.3. The molecule has 0 saturated heterocycles. The van der Waals surface area contributed by atoms with Gasteiger partial charge in [-0.1, -0.05) is 26.0 Å². The third-order valence-electron chi connectivity index (χ3n) is 2.58. The van der Waals surface area contributed by atoms with E-state index in [-0.39, 0.29) is 6.54 Å². The second-order valence-corrected chi connectivity index (χ2v) is 4.79. The fourth-order valence-electron chi connectivity index (χ4n) is 1.48. The highest BCUT2D eigenvalue weighted by Crippen LogP contribution is 2.18. The van der Waals surface area contributed by atoms with Crippen molar-refractivity contribution >= 4 is 17.5 Å². The first-order chi connectivity index (χ1) is 8.90. The van der Waals surface area contributed by atoms with Crippen LogP contribution in [-0.4, -0.2) is 29.6 Å². The van der Waals surface area contributed by atoms with Crippen LogP contribution >= 0.6 is 0 Å². The van der Waals surface area contributed by atoms with E-state index in [1.54, 1.807) is 6.07 Å². The maximum atomic E-state index is 11.6. The van der Waals surface area contributed by atoms with E-state index in [1.807, 2.05) is 18.2 Å².